The van der Waals surface area contributed by atoms with Crippen LogP contribution in [0.5, 0.6) is 5.75 Å². The van der Waals surface area contributed by atoms with Crippen molar-refractivity contribution in [1.82, 2.24) is 9.80 Å². The van der Waals surface area contributed by atoms with Crippen molar-refractivity contribution in [3.63, 3.8) is 0 Å². The first-order valence-corrected chi connectivity index (χ1v) is 13.5. The molecule has 4 atom stereocenters. The summed E-state index contributed by atoms with van der Waals surface area (Å²) in [5.41, 5.74) is 4.11. The van der Waals surface area contributed by atoms with E-state index in [0.29, 0.717) is 16.8 Å². The molecule has 1 amide bonds. The molecule has 5 rings (SSSR count). The van der Waals surface area contributed by atoms with Crippen molar-refractivity contribution in [2.45, 2.75) is 43.4 Å². The third-order valence-electron chi connectivity index (χ3n) is 9.05. The van der Waals surface area contributed by atoms with Crippen LogP contribution in [0.4, 0.5) is 14.5 Å². The van der Waals surface area contributed by atoms with Crippen LogP contribution < -0.4 is 10.6 Å². The standard InChI is InChI=1S/C28H35BF2N4O6/c1-33(2)20-13(10-35-6-5-27(30,31)11-35)9-16(36)18-14(20)7-12-8-15-21(34(3)4)23(38)19(26(32)40)24(29)28(15,41)25(39)17(12)22(18)37/h9,12,15,21,29,36,38-39,41H,5-8,10-11H2,1-4H3,(H2,32,40)/t12-,15-,21-,28+/m0/s1. The number of allylic oxidation sites excluding steroid dienone is 1. The van der Waals surface area contributed by atoms with Gasteiger partial charge in [-0.3, -0.25) is 0 Å². The van der Waals surface area contributed by atoms with Crippen LogP contribution in [-0.2, 0) is 17.8 Å². The number of benzene rings is 1. The fourth-order valence-corrected chi connectivity index (χ4v) is 7.40. The number of nitrogens with zero attached hydrogens (tertiary/aromatic N) is 3. The van der Waals surface area contributed by atoms with Crippen LogP contribution in [0.15, 0.2) is 28.7 Å². The maximum atomic E-state index is 14.0. The van der Waals surface area contributed by atoms with Gasteiger partial charge in [0, 0.05) is 6.42 Å². The van der Waals surface area contributed by atoms with Crippen LogP contribution in [0.2, 0.25) is 0 Å². The van der Waals surface area contributed by atoms with E-state index in [9.17, 15) is 38.8 Å². The Morgan fingerprint density at radius 2 is 1.88 bits per heavy atom. The summed E-state index contributed by atoms with van der Waals surface area (Å²) >= 11 is 0. The monoisotopic (exact) mass is 572 g/mol. The number of alkyl halides is 2. The predicted octanol–water partition coefficient (Wildman–Crippen LogP) is 0.532. The van der Waals surface area contributed by atoms with E-state index >= 15 is 0 Å². The van der Waals surface area contributed by atoms with Crippen molar-refractivity contribution in [1.29, 1.82) is 0 Å². The molecule has 0 spiro atoms. The van der Waals surface area contributed by atoms with Crippen LogP contribution >= 0.6 is 0 Å². The second-order valence-electron chi connectivity index (χ2n) is 12.1. The van der Waals surface area contributed by atoms with Gasteiger partial charge in [-0.25, -0.2) is 8.78 Å². The number of anilines is 1. The second kappa shape index (κ2) is 9.64. The number of halogens is 2. The molecule has 1 heterocycles. The Morgan fingerprint density at radius 3 is 2.41 bits per heavy atom. The average Bonchev–Trinajstić information content (AvgIpc) is 3.18. The summed E-state index contributed by atoms with van der Waals surface area (Å²) in [6.07, 6.45) is 0.0593. The van der Waals surface area contributed by atoms with Crippen molar-refractivity contribution in [3.05, 3.63) is 45.4 Å². The van der Waals surface area contributed by atoms with Gasteiger partial charge in [-0.05, 0) is 0 Å². The van der Waals surface area contributed by atoms with Gasteiger partial charge in [0.25, 0.3) is 5.92 Å². The molecule has 6 N–H and O–H groups in total. The Labute approximate surface area is 237 Å². The Balaban J connectivity index is 1.66. The molecule has 4 aliphatic rings. The molecule has 0 unspecified atom stereocenters. The molecule has 0 bridgehead atoms. The zero-order chi connectivity index (χ0) is 30.3. The van der Waals surface area contributed by atoms with Gasteiger partial charge in [-0.15, -0.1) is 0 Å². The van der Waals surface area contributed by atoms with E-state index in [1.54, 1.807) is 42.9 Å². The SMILES string of the molecule is B=C1C(C(N)=O)=C(O)[C@@H](N(C)C)[C@@H]2C[C@@H]3Cc4c(c(O)cc(CN5CCC(F)(F)C5)c4N(C)C)C(=O)C3=C(O)[C@]12O. The number of hydrogen-bond donors (Lipinski definition) is 5. The van der Waals surface area contributed by atoms with Crippen molar-refractivity contribution < 1.29 is 38.8 Å². The van der Waals surface area contributed by atoms with E-state index < -0.39 is 59.0 Å². The fraction of sp³-hybridized carbons (Fsp3) is 0.536. The number of amides is 1. The molecule has 13 heteroatoms. The number of carbonyl (C=O) groups excluding carboxylic acids is 2. The number of Topliss-reactive ketones (excluding diaryl/α,β-unsaturated/α-hetero) is 1. The van der Waals surface area contributed by atoms with E-state index in [2.05, 4.69) is 7.49 Å². The summed E-state index contributed by atoms with van der Waals surface area (Å²) in [5.74, 6) is -7.46. The number of hydrogen-bond acceptors (Lipinski definition) is 9. The molecular formula is C28H35BF2N4O6. The van der Waals surface area contributed by atoms with Gasteiger partial charge in [0.05, 0.1) is 0 Å². The molecule has 1 saturated heterocycles. The van der Waals surface area contributed by atoms with Crippen LogP contribution in [0.1, 0.15) is 34.3 Å². The van der Waals surface area contributed by atoms with Gasteiger partial charge in [-0.2, -0.15) is 0 Å². The number of phenolic OH excluding ortho intramolecular Hbond substituents is 1. The Hall–Kier alpha value is -3.29. The number of primary amides is 1. The summed E-state index contributed by atoms with van der Waals surface area (Å²) in [6, 6.07) is 0.465. The maximum absolute atomic E-state index is 14.0. The van der Waals surface area contributed by atoms with Gasteiger partial charge < -0.3 is 0 Å². The summed E-state index contributed by atoms with van der Waals surface area (Å²) in [6.45, 7) is -0.0585. The van der Waals surface area contributed by atoms with Crippen LogP contribution in [0.3, 0.4) is 0 Å². The number of likely N-dealkylation sites (N-methyl/N-ethyl adjacent to an activating group) is 1. The molecular weight excluding hydrogens is 537 g/mol. The number of nitrogens with two attached hydrogens (primary N) is 1. The minimum atomic E-state index is -2.79. The van der Waals surface area contributed by atoms with E-state index in [-0.39, 0.29) is 60.5 Å². The third kappa shape index (κ3) is 4.28. The third-order valence-corrected chi connectivity index (χ3v) is 9.05. The number of aromatic hydroxyl groups is 1. The van der Waals surface area contributed by atoms with Crippen LogP contribution in [-0.4, -0.2) is 114 Å². The van der Waals surface area contributed by atoms with Crippen molar-refractivity contribution in [3.8, 4) is 5.75 Å². The summed E-state index contributed by atoms with van der Waals surface area (Å²) in [4.78, 5) is 31.3. The molecule has 1 aliphatic heterocycles. The number of aliphatic hydroxyl groups excluding tert-OH is 2. The van der Waals surface area contributed by atoms with Gasteiger partial charge in [0.2, 0.25) is 0 Å². The summed E-state index contributed by atoms with van der Waals surface area (Å²) in [5, 5.41) is 45.7. The topological polar surface area (TPSA) is 151 Å². The molecule has 10 nitrogen and oxygen atoms in total. The van der Waals surface area contributed by atoms with Crippen molar-refractivity contribution in [2.75, 3.05) is 46.2 Å². The molecule has 3 aliphatic carbocycles. The van der Waals surface area contributed by atoms with Gasteiger partial charge in [0.1, 0.15) is 0 Å². The Bertz CT molecular complexity index is 1440. The van der Waals surface area contributed by atoms with Gasteiger partial charge >= 0.3 is 216 Å². The zero-order valence-corrected chi connectivity index (χ0v) is 23.5. The average molecular weight is 572 g/mol. The zero-order valence-electron chi connectivity index (χ0n) is 23.5. The number of ketones is 1. The number of rotatable bonds is 5. The van der Waals surface area contributed by atoms with E-state index in [1.807, 2.05) is 0 Å². The molecule has 1 aromatic carbocycles. The summed E-state index contributed by atoms with van der Waals surface area (Å²) in [7, 11) is 10.6. The molecule has 1 aromatic rings. The molecule has 0 aromatic heterocycles. The Kier molecular flexibility index (Phi) is 6.87. The number of fused-ring (bicyclic) bond motifs is 3. The van der Waals surface area contributed by atoms with Gasteiger partial charge in [0.15, 0.2) is 0 Å². The number of phenols is 1. The number of likely N-dealkylation sites (tertiary alicyclic amines) is 1. The summed E-state index contributed by atoms with van der Waals surface area (Å²) < 4.78 is 27.8. The quantitative estimate of drug-likeness (QED) is 0.319. The van der Waals surface area contributed by atoms with E-state index in [1.165, 1.54) is 6.07 Å². The van der Waals surface area contributed by atoms with Crippen LogP contribution in [0.25, 0.3) is 0 Å². The molecule has 220 valence electrons. The first-order valence-electron chi connectivity index (χ1n) is 13.5. The van der Waals surface area contributed by atoms with E-state index in [0.717, 1.165) is 0 Å². The number of aliphatic hydroxyl groups is 3. The molecule has 1 fully saturated rings. The Morgan fingerprint density at radius 1 is 1.22 bits per heavy atom. The first-order chi connectivity index (χ1) is 19.0. The second-order valence-corrected chi connectivity index (χ2v) is 12.1. The minimum absolute atomic E-state index is 0.0388. The van der Waals surface area contributed by atoms with Crippen molar-refractivity contribution >= 4 is 30.3 Å². The molecule has 0 saturated carbocycles. The fourth-order valence-electron chi connectivity index (χ4n) is 7.40. The van der Waals surface area contributed by atoms with E-state index in [4.69, 9.17) is 5.73 Å². The normalized spacial score (nSPS) is 29.5. The van der Waals surface area contributed by atoms with Gasteiger partial charge in [-0.1, -0.05) is 0 Å². The predicted molar refractivity (Wildman–Crippen MR) is 150 cm³/mol. The molecule has 41 heavy (non-hydrogen) atoms. The number of carbonyl (C=O) groups is 2. The van der Waals surface area contributed by atoms with Crippen molar-refractivity contribution in [2.24, 2.45) is 17.6 Å². The molecule has 0 radical (unpaired) electrons. The van der Waals surface area contributed by atoms with Crippen LogP contribution in [0, 0.1) is 11.8 Å². The first kappa shape index (κ1) is 29.2.